The number of rotatable bonds is 4. The molecular formula is C16H25ClN4O2. The number of piperidine rings is 1. The van der Waals surface area contributed by atoms with Crippen molar-refractivity contribution in [1.82, 2.24) is 19.6 Å². The molecule has 2 fully saturated rings. The number of carboxylic acid groups (broad SMARTS) is 1. The number of carbonyl (C=O) groups is 1. The number of halogens is 1. The van der Waals surface area contributed by atoms with Gasteiger partial charge in [-0.2, -0.15) is 5.10 Å². The maximum atomic E-state index is 12.0. The fourth-order valence-corrected chi connectivity index (χ4v) is 4.46. The van der Waals surface area contributed by atoms with Crippen LogP contribution in [-0.2, 0) is 24.8 Å². The van der Waals surface area contributed by atoms with Gasteiger partial charge in [0.1, 0.15) is 5.15 Å². The molecular weight excluding hydrogens is 316 g/mol. The second-order valence-corrected chi connectivity index (χ2v) is 7.41. The van der Waals surface area contributed by atoms with E-state index in [4.69, 9.17) is 11.6 Å². The van der Waals surface area contributed by atoms with Gasteiger partial charge in [-0.05, 0) is 32.4 Å². The molecule has 0 radical (unpaired) electrons. The summed E-state index contributed by atoms with van der Waals surface area (Å²) in [4.78, 5) is 16.4. The van der Waals surface area contributed by atoms with Gasteiger partial charge in [0.2, 0.25) is 0 Å². The first-order valence-corrected chi connectivity index (χ1v) is 8.59. The van der Waals surface area contributed by atoms with Crippen molar-refractivity contribution in [3.8, 4) is 0 Å². The summed E-state index contributed by atoms with van der Waals surface area (Å²) in [5.74, 6) is -0.443. The normalized spacial score (nSPS) is 29.0. The fourth-order valence-electron chi connectivity index (χ4n) is 4.26. The van der Waals surface area contributed by atoms with Crippen molar-refractivity contribution in [3.05, 3.63) is 16.4 Å². The Labute approximate surface area is 142 Å². The molecule has 2 atom stereocenters. The number of nitrogens with zero attached hydrogens (tertiary/aromatic N) is 4. The smallest absolute Gasteiger partial charge is 0.312 e. The van der Waals surface area contributed by atoms with Crippen molar-refractivity contribution >= 4 is 17.6 Å². The number of hydrogen-bond donors (Lipinski definition) is 1. The average molecular weight is 341 g/mol. The summed E-state index contributed by atoms with van der Waals surface area (Å²) in [6, 6.07) is 0. The lowest BCUT2D eigenvalue weighted by Gasteiger charge is -2.39. The van der Waals surface area contributed by atoms with Crippen molar-refractivity contribution in [3.63, 3.8) is 0 Å². The Morgan fingerprint density at radius 2 is 2.17 bits per heavy atom. The standard InChI is InChI=1S/C16H25ClN4O2/c1-4-13-12(14(17)20(3)18-13)8-21-7-11-5-6-19(2)9-16(11,10-21)15(22)23/h11H,4-10H2,1-3H3,(H,22,23)/t11-,16-/m1/s1. The lowest BCUT2D eigenvalue weighted by molar-refractivity contribution is -0.153. The zero-order chi connectivity index (χ0) is 16.8. The van der Waals surface area contributed by atoms with Crippen LogP contribution in [0.5, 0.6) is 0 Å². The fraction of sp³-hybridized carbons (Fsp3) is 0.750. The number of aliphatic carboxylic acids is 1. The second kappa shape index (κ2) is 6.07. The molecule has 128 valence electrons. The molecule has 3 rings (SSSR count). The van der Waals surface area contributed by atoms with Crippen molar-refractivity contribution in [2.24, 2.45) is 18.4 Å². The van der Waals surface area contributed by atoms with E-state index in [1.807, 2.05) is 14.1 Å². The number of likely N-dealkylation sites (tertiary alicyclic amines) is 2. The Morgan fingerprint density at radius 3 is 2.83 bits per heavy atom. The van der Waals surface area contributed by atoms with Crippen LogP contribution in [0, 0.1) is 11.3 Å². The van der Waals surface area contributed by atoms with Crippen LogP contribution in [0.15, 0.2) is 0 Å². The van der Waals surface area contributed by atoms with E-state index in [0.29, 0.717) is 24.8 Å². The van der Waals surface area contributed by atoms with Crippen LogP contribution < -0.4 is 0 Å². The van der Waals surface area contributed by atoms with Crippen molar-refractivity contribution in [2.75, 3.05) is 33.2 Å². The third-order valence-electron chi connectivity index (χ3n) is 5.47. The van der Waals surface area contributed by atoms with Gasteiger partial charge >= 0.3 is 5.97 Å². The quantitative estimate of drug-likeness (QED) is 0.899. The van der Waals surface area contributed by atoms with Crippen molar-refractivity contribution in [2.45, 2.75) is 26.3 Å². The average Bonchev–Trinajstić information content (AvgIpc) is 3.00. The van der Waals surface area contributed by atoms with E-state index < -0.39 is 11.4 Å². The van der Waals surface area contributed by atoms with E-state index in [0.717, 1.165) is 37.2 Å². The molecule has 2 aliphatic heterocycles. The highest BCUT2D eigenvalue weighted by Crippen LogP contribution is 2.43. The van der Waals surface area contributed by atoms with Gasteiger partial charge in [-0.25, -0.2) is 0 Å². The first-order chi connectivity index (χ1) is 10.9. The molecule has 1 aromatic rings. The monoisotopic (exact) mass is 340 g/mol. The largest absolute Gasteiger partial charge is 0.481 e. The second-order valence-electron chi connectivity index (χ2n) is 7.05. The molecule has 1 aromatic heterocycles. The number of aryl methyl sites for hydroxylation is 2. The highest BCUT2D eigenvalue weighted by molar-refractivity contribution is 6.30. The van der Waals surface area contributed by atoms with Crippen LogP contribution in [0.25, 0.3) is 0 Å². The summed E-state index contributed by atoms with van der Waals surface area (Å²) in [7, 11) is 3.86. The Bertz CT molecular complexity index is 617. The molecule has 0 amide bonds. The van der Waals surface area contributed by atoms with Gasteiger partial charge in [-0.1, -0.05) is 18.5 Å². The molecule has 0 aromatic carbocycles. The van der Waals surface area contributed by atoms with E-state index in [2.05, 4.69) is 21.8 Å². The third kappa shape index (κ3) is 2.77. The van der Waals surface area contributed by atoms with Crippen LogP contribution in [0.2, 0.25) is 5.15 Å². The van der Waals surface area contributed by atoms with Gasteiger partial charge in [0.15, 0.2) is 0 Å². The molecule has 7 heteroatoms. The minimum Gasteiger partial charge on any atom is -0.481 e. The molecule has 0 unspecified atom stereocenters. The van der Waals surface area contributed by atoms with E-state index >= 15 is 0 Å². The molecule has 0 saturated carbocycles. The minimum absolute atomic E-state index is 0.219. The van der Waals surface area contributed by atoms with Crippen molar-refractivity contribution < 1.29 is 9.90 Å². The maximum absolute atomic E-state index is 12.0. The van der Waals surface area contributed by atoms with Crippen LogP contribution in [0.3, 0.4) is 0 Å². The third-order valence-corrected chi connectivity index (χ3v) is 5.94. The zero-order valence-electron chi connectivity index (χ0n) is 14.0. The van der Waals surface area contributed by atoms with Gasteiger partial charge in [0, 0.05) is 38.8 Å². The van der Waals surface area contributed by atoms with Gasteiger partial charge in [0.05, 0.1) is 11.1 Å². The summed E-state index contributed by atoms with van der Waals surface area (Å²) in [6.45, 7) is 5.78. The first kappa shape index (κ1) is 16.7. The van der Waals surface area contributed by atoms with E-state index in [9.17, 15) is 9.90 Å². The molecule has 1 N–H and O–H groups in total. The number of carboxylic acids is 1. The Hall–Kier alpha value is -1.11. The molecule has 0 spiro atoms. The predicted octanol–water partition coefficient (Wildman–Crippen LogP) is 1.47. The van der Waals surface area contributed by atoms with E-state index in [-0.39, 0.29) is 5.92 Å². The van der Waals surface area contributed by atoms with E-state index in [1.165, 1.54) is 0 Å². The number of aromatic nitrogens is 2. The molecule has 0 bridgehead atoms. The van der Waals surface area contributed by atoms with Crippen LogP contribution in [-0.4, -0.2) is 63.9 Å². The number of hydrogen-bond acceptors (Lipinski definition) is 4. The molecule has 23 heavy (non-hydrogen) atoms. The molecule has 6 nitrogen and oxygen atoms in total. The summed E-state index contributed by atoms with van der Waals surface area (Å²) < 4.78 is 1.71. The first-order valence-electron chi connectivity index (χ1n) is 8.22. The lowest BCUT2D eigenvalue weighted by atomic mass is 9.73. The molecule has 2 saturated heterocycles. The maximum Gasteiger partial charge on any atom is 0.312 e. The Balaban J connectivity index is 1.83. The Kier molecular flexibility index (Phi) is 4.42. The van der Waals surface area contributed by atoms with Crippen LogP contribution in [0.4, 0.5) is 0 Å². The van der Waals surface area contributed by atoms with Crippen LogP contribution >= 0.6 is 11.6 Å². The van der Waals surface area contributed by atoms with Gasteiger partial charge in [-0.3, -0.25) is 14.4 Å². The molecule has 3 heterocycles. The van der Waals surface area contributed by atoms with Gasteiger partial charge < -0.3 is 10.0 Å². The highest BCUT2D eigenvalue weighted by atomic mass is 35.5. The Morgan fingerprint density at radius 1 is 1.43 bits per heavy atom. The molecule has 2 aliphatic rings. The highest BCUT2D eigenvalue weighted by Gasteiger charge is 2.54. The summed E-state index contributed by atoms with van der Waals surface area (Å²) in [5.41, 5.74) is 1.41. The van der Waals surface area contributed by atoms with Gasteiger partial charge in [0.25, 0.3) is 0 Å². The van der Waals surface area contributed by atoms with Crippen LogP contribution in [0.1, 0.15) is 24.6 Å². The van der Waals surface area contributed by atoms with Crippen molar-refractivity contribution in [1.29, 1.82) is 0 Å². The number of fused-ring (bicyclic) bond motifs is 1. The SMILES string of the molecule is CCc1nn(C)c(Cl)c1CN1C[C@H]2CCN(C)C[C@@]2(C(=O)O)C1. The lowest BCUT2D eigenvalue weighted by Crippen LogP contribution is -2.52. The predicted molar refractivity (Wildman–Crippen MR) is 88.5 cm³/mol. The summed E-state index contributed by atoms with van der Waals surface area (Å²) >= 11 is 6.39. The summed E-state index contributed by atoms with van der Waals surface area (Å²) in [5, 5.41) is 15.0. The topological polar surface area (TPSA) is 61.6 Å². The van der Waals surface area contributed by atoms with E-state index in [1.54, 1.807) is 4.68 Å². The molecule has 0 aliphatic carbocycles. The van der Waals surface area contributed by atoms with Gasteiger partial charge in [-0.15, -0.1) is 0 Å². The zero-order valence-corrected chi connectivity index (χ0v) is 14.8. The minimum atomic E-state index is -0.662. The summed E-state index contributed by atoms with van der Waals surface area (Å²) in [6.07, 6.45) is 1.78.